The zero-order valence-corrected chi connectivity index (χ0v) is 19.9. The Morgan fingerprint density at radius 2 is 1.95 bits per heavy atom. The summed E-state index contributed by atoms with van der Waals surface area (Å²) >= 11 is 0. The first-order valence-corrected chi connectivity index (χ1v) is 12.1. The van der Waals surface area contributed by atoms with Crippen molar-refractivity contribution < 1.29 is 18.0 Å². The first kappa shape index (κ1) is 24.8. The van der Waals surface area contributed by atoms with Gasteiger partial charge in [-0.3, -0.25) is 14.7 Å². The number of piperidine rings is 1. The number of nitrogens with one attached hydrogen (secondary N) is 3. The summed E-state index contributed by atoms with van der Waals surface area (Å²) in [5.74, 6) is -0.511. The van der Waals surface area contributed by atoms with Crippen molar-refractivity contribution in [2.45, 2.75) is 25.8 Å². The molecule has 2 aromatic heterocycles. The molecule has 37 heavy (non-hydrogen) atoms. The maximum Gasteiger partial charge on any atom is 0.282 e. The maximum atomic E-state index is 14.4. The molecule has 0 unspecified atom stereocenters. The molecule has 3 N–H and O–H groups in total. The highest BCUT2D eigenvalue weighted by molar-refractivity contribution is 5.94. The number of hydrogen-bond donors (Lipinski definition) is 3. The fourth-order valence-electron chi connectivity index (χ4n) is 4.77. The Labute approximate surface area is 210 Å². The van der Waals surface area contributed by atoms with Gasteiger partial charge in [-0.1, -0.05) is 6.07 Å². The van der Waals surface area contributed by atoms with E-state index in [1.807, 2.05) is 0 Å². The molecular weight excluding hydrogens is 483 g/mol. The molecule has 1 saturated heterocycles. The van der Waals surface area contributed by atoms with Crippen molar-refractivity contribution in [3.63, 3.8) is 0 Å². The van der Waals surface area contributed by atoms with Crippen molar-refractivity contribution in [1.82, 2.24) is 25.4 Å². The second kappa shape index (κ2) is 10.6. The summed E-state index contributed by atoms with van der Waals surface area (Å²) in [5.41, 5.74) is 0.800. The molecule has 10 heteroatoms. The van der Waals surface area contributed by atoms with Crippen LogP contribution >= 0.6 is 0 Å². The molecule has 1 aliphatic heterocycles. The van der Waals surface area contributed by atoms with Gasteiger partial charge in [-0.15, -0.1) is 0 Å². The molecule has 0 saturated carbocycles. The average molecular weight is 510 g/mol. The summed E-state index contributed by atoms with van der Waals surface area (Å²) in [4.78, 5) is 25.8. The third kappa shape index (κ3) is 5.43. The van der Waals surface area contributed by atoms with Crippen molar-refractivity contribution in [3.8, 4) is 11.1 Å². The van der Waals surface area contributed by atoms with Gasteiger partial charge in [0.2, 0.25) is 0 Å². The molecule has 0 atom stereocenters. The van der Waals surface area contributed by atoms with E-state index >= 15 is 0 Å². The highest BCUT2D eigenvalue weighted by Crippen LogP contribution is 2.30. The van der Waals surface area contributed by atoms with E-state index in [0.29, 0.717) is 34.4 Å². The van der Waals surface area contributed by atoms with Crippen LogP contribution in [0, 0.1) is 11.7 Å². The normalized spacial score (nSPS) is 14.4. The fraction of sp³-hybridized carbons (Fsp3) is 0.296. The van der Waals surface area contributed by atoms with E-state index in [1.54, 1.807) is 36.5 Å². The van der Waals surface area contributed by atoms with Gasteiger partial charge in [-0.05, 0) is 84.8 Å². The van der Waals surface area contributed by atoms with E-state index in [-0.39, 0.29) is 34.8 Å². The summed E-state index contributed by atoms with van der Waals surface area (Å²) in [6, 6.07) is 10.6. The SMILES string of the molecule is O=C(NCC1CCNCC1)c1cc(F)cc(Cn2ccc3cc(-c4c[nH]nc4C(F)F)ccc3c2=O)c1. The number of hydrogen-bond acceptors (Lipinski definition) is 4. The molecule has 4 aromatic rings. The minimum atomic E-state index is -2.73. The lowest BCUT2D eigenvalue weighted by atomic mass is 9.98. The molecule has 1 aliphatic rings. The quantitative estimate of drug-likeness (QED) is 0.348. The molecule has 1 fully saturated rings. The Hall–Kier alpha value is -3.92. The number of pyridine rings is 1. The lowest BCUT2D eigenvalue weighted by Gasteiger charge is -2.22. The van der Waals surface area contributed by atoms with Gasteiger partial charge in [0.1, 0.15) is 11.5 Å². The Morgan fingerprint density at radius 1 is 1.14 bits per heavy atom. The van der Waals surface area contributed by atoms with Crippen molar-refractivity contribution in [1.29, 1.82) is 0 Å². The Bertz CT molecular complexity index is 1490. The number of halogens is 3. The van der Waals surface area contributed by atoms with E-state index in [2.05, 4.69) is 20.8 Å². The molecule has 1 amide bonds. The topological polar surface area (TPSA) is 91.8 Å². The van der Waals surface area contributed by atoms with Crippen LogP contribution in [0.1, 0.15) is 40.9 Å². The van der Waals surface area contributed by atoms with Crippen LogP contribution in [-0.2, 0) is 6.54 Å². The Kier molecular flexibility index (Phi) is 7.09. The predicted molar refractivity (Wildman–Crippen MR) is 134 cm³/mol. The van der Waals surface area contributed by atoms with Crippen LogP contribution < -0.4 is 16.2 Å². The number of H-pyrrole nitrogens is 1. The van der Waals surface area contributed by atoms with E-state index in [4.69, 9.17) is 0 Å². The monoisotopic (exact) mass is 509 g/mol. The van der Waals surface area contributed by atoms with E-state index in [1.165, 1.54) is 22.9 Å². The summed E-state index contributed by atoms with van der Waals surface area (Å²) < 4.78 is 42.3. The molecule has 0 radical (unpaired) electrons. The van der Waals surface area contributed by atoms with E-state index in [9.17, 15) is 22.8 Å². The summed E-state index contributed by atoms with van der Waals surface area (Å²) in [7, 11) is 0. The van der Waals surface area contributed by atoms with Gasteiger partial charge in [0, 0.05) is 35.5 Å². The van der Waals surface area contributed by atoms with Gasteiger partial charge in [0.15, 0.2) is 0 Å². The lowest BCUT2D eigenvalue weighted by Crippen LogP contribution is -2.36. The van der Waals surface area contributed by atoms with Crippen LogP contribution in [0.4, 0.5) is 13.2 Å². The number of fused-ring (bicyclic) bond motifs is 1. The number of aromatic nitrogens is 3. The average Bonchev–Trinajstić information content (AvgIpc) is 3.40. The third-order valence-corrected chi connectivity index (χ3v) is 6.75. The highest BCUT2D eigenvalue weighted by Gasteiger charge is 2.18. The Balaban J connectivity index is 1.36. The lowest BCUT2D eigenvalue weighted by molar-refractivity contribution is 0.0943. The van der Waals surface area contributed by atoms with Crippen molar-refractivity contribution in [3.05, 3.63) is 87.9 Å². The Morgan fingerprint density at radius 3 is 2.73 bits per heavy atom. The first-order chi connectivity index (χ1) is 17.9. The molecule has 7 nitrogen and oxygen atoms in total. The van der Waals surface area contributed by atoms with Crippen LogP contribution in [0.2, 0.25) is 0 Å². The number of aromatic amines is 1. The van der Waals surface area contributed by atoms with Crippen LogP contribution in [0.15, 0.2) is 59.7 Å². The molecule has 5 rings (SSSR count). The number of nitrogens with zero attached hydrogens (tertiary/aromatic N) is 2. The van der Waals surface area contributed by atoms with Gasteiger partial charge in [0.05, 0.1) is 6.54 Å². The van der Waals surface area contributed by atoms with Crippen molar-refractivity contribution >= 4 is 16.7 Å². The number of carbonyl (C=O) groups is 1. The number of carbonyl (C=O) groups excluding carboxylic acids is 1. The largest absolute Gasteiger partial charge is 0.352 e. The van der Waals surface area contributed by atoms with Crippen LogP contribution in [-0.4, -0.2) is 40.3 Å². The molecule has 0 spiro atoms. The predicted octanol–water partition coefficient (Wildman–Crippen LogP) is 4.25. The minimum absolute atomic E-state index is 0.0696. The number of benzene rings is 2. The smallest absolute Gasteiger partial charge is 0.282 e. The van der Waals surface area contributed by atoms with Gasteiger partial charge >= 0.3 is 0 Å². The van der Waals surface area contributed by atoms with Gasteiger partial charge in [0.25, 0.3) is 17.9 Å². The fourth-order valence-corrected chi connectivity index (χ4v) is 4.77. The van der Waals surface area contributed by atoms with Crippen LogP contribution in [0.25, 0.3) is 21.9 Å². The minimum Gasteiger partial charge on any atom is -0.352 e. The summed E-state index contributed by atoms with van der Waals surface area (Å²) in [6.07, 6.45) is 2.20. The van der Waals surface area contributed by atoms with Crippen LogP contribution in [0.3, 0.4) is 0 Å². The van der Waals surface area contributed by atoms with Gasteiger partial charge in [-0.2, -0.15) is 5.10 Å². The van der Waals surface area contributed by atoms with E-state index < -0.39 is 12.2 Å². The molecule has 2 aromatic carbocycles. The molecule has 0 bridgehead atoms. The summed E-state index contributed by atoms with van der Waals surface area (Å²) in [6.45, 7) is 2.45. The second-order valence-corrected chi connectivity index (χ2v) is 9.29. The molecular formula is C27H26F3N5O2. The van der Waals surface area contributed by atoms with Gasteiger partial charge < -0.3 is 15.2 Å². The zero-order chi connectivity index (χ0) is 25.9. The molecule has 3 heterocycles. The zero-order valence-electron chi connectivity index (χ0n) is 19.9. The highest BCUT2D eigenvalue weighted by atomic mass is 19.3. The number of rotatable bonds is 7. The maximum absolute atomic E-state index is 14.4. The van der Waals surface area contributed by atoms with E-state index in [0.717, 1.165) is 25.9 Å². The number of amides is 1. The van der Waals surface area contributed by atoms with Gasteiger partial charge in [-0.25, -0.2) is 13.2 Å². The standard InChI is InChI=1S/C27H26F3N5O2/c28-21-10-17(9-20(12-21)26(36)32-13-16-3-6-31-7-4-16)15-35-8-5-19-11-18(1-2-22(19)27(35)37)23-14-33-34-24(23)25(29)30/h1-2,5,8-12,14,16,25,31H,3-4,6-7,13,15H2,(H,32,36)(H,33,34). The van der Waals surface area contributed by atoms with Crippen LogP contribution in [0.5, 0.6) is 0 Å². The van der Waals surface area contributed by atoms with Crippen molar-refractivity contribution in [2.75, 3.05) is 19.6 Å². The second-order valence-electron chi connectivity index (χ2n) is 9.29. The summed E-state index contributed by atoms with van der Waals surface area (Å²) in [5, 5.41) is 13.2. The first-order valence-electron chi connectivity index (χ1n) is 12.1. The number of alkyl halides is 2. The third-order valence-electron chi connectivity index (χ3n) is 6.75. The van der Waals surface area contributed by atoms with Crippen molar-refractivity contribution in [2.24, 2.45) is 5.92 Å². The molecule has 0 aliphatic carbocycles. The molecule has 192 valence electrons.